The SMILES string of the molecule is Cc1cc(C)cc(C(CCc2c[nH]cn2)c2cc(C)cc(C)c2)c1. The smallest absolute Gasteiger partial charge is 0.0923 e. The number of aromatic amines is 1. The largest absolute Gasteiger partial charge is 0.351 e. The van der Waals surface area contributed by atoms with Crippen LogP contribution >= 0.6 is 0 Å². The third-order valence-corrected chi connectivity index (χ3v) is 4.54. The molecule has 1 aromatic heterocycles. The molecular formula is C22H26N2. The van der Waals surface area contributed by atoms with Gasteiger partial charge in [-0.3, -0.25) is 0 Å². The van der Waals surface area contributed by atoms with E-state index < -0.39 is 0 Å². The maximum Gasteiger partial charge on any atom is 0.0923 e. The lowest BCUT2D eigenvalue weighted by Gasteiger charge is -2.20. The summed E-state index contributed by atoms with van der Waals surface area (Å²) < 4.78 is 0. The molecule has 2 nitrogen and oxygen atoms in total. The summed E-state index contributed by atoms with van der Waals surface area (Å²) in [5.41, 5.74) is 9.28. The van der Waals surface area contributed by atoms with Crippen molar-refractivity contribution in [3.63, 3.8) is 0 Å². The van der Waals surface area contributed by atoms with Crippen LogP contribution in [0.3, 0.4) is 0 Å². The average Bonchev–Trinajstić information content (AvgIpc) is 2.99. The first kappa shape index (κ1) is 16.5. The molecule has 0 aliphatic heterocycles. The van der Waals surface area contributed by atoms with Gasteiger partial charge in [0.25, 0.3) is 0 Å². The molecule has 0 bridgehead atoms. The molecule has 124 valence electrons. The molecule has 0 aliphatic rings. The van der Waals surface area contributed by atoms with Crippen molar-refractivity contribution in [2.75, 3.05) is 0 Å². The van der Waals surface area contributed by atoms with E-state index in [0.29, 0.717) is 5.92 Å². The van der Waals surface area contributed by atoms with E-state index in [1.807, 2.05) is 6.20 Å². The molecule has 2 heteroatoms. The molecule has 0 unspecified atom stereocenters. The van der Waals surface area contributed by atoms with Crippen LogP contribution < -0.4 is 0 Å². The van der Waals surface area contributed by atoms with Crippen molar-refractivity contribution in [3.8, 4) is 0 Å². The van der Waals surface area contributed by atoms with Crippen LogP contribution in [-0.2, 0) is 6.42 Å². The zero-order valence-electron chi connectivity index (χ0n) is 15.1. The van der Waals surface area contributed by atoms with Gasteiger partial charge in [0, 0.05) is 12.1 Å². The number of hydrogen-bond donors (Lipinski definition) is 1. The van der Waals surface area contributed by atoms with Crippen LogP contribution in [0.1, 0.15) is 51.4 Å². The van der Waals surface area contributed by atoms with E-state index in [4.69, 9.17) is 0 Å². The van der Waals surface area contributed by atoms with E-state index in [9.17, 15) is 0 Å². The lowest BCUT2D eigenvalue weighted by Crippen LogP contribution is -2.05. The summed E-state index contributed by atoms with van der Waals surface area (Å²) in [7, 11) is 0. The van der Waals surface area contributed by atoms with Gasteiger partial charge >= 0.3 is 0 Å². The third kappa shape index (κ3) is 3.94. The lowest BCUT2D eigenvalue weighted by molar-refractivity contribution is 0.704. The number of H-pyrrole nitrogens is 1. The monoisotopic (exact) mass is 318 g/mol. The molecule has 0 fully saturated rings. The van der Waals surface area contributed by atoms with Gasteiger partial charge in [-0.05, 0) is 51.7 Å². The molecule has 3 rings (SSSR count). The van der Waals surface area contributed by atoms with E-state index in [1.54, 1.807) is 6.33 Å². The number of aromatic nitrogens is 2. The predicted molar refractivity (Wildman–Crippen MR) is 101 cm³/mol. The second-order valence-corrected chi connectivity index (χ2v) is 6.99. The molecule has 24 heavy (non-hydrogen) atoms. The second kappa shape index (κ2) is 7.04. The van der Waals surface area contributed by atoms with Crippen molar-refractivity contribution in [3.05, 3.63) is 88.0 Å². The minimum absolute atomic E-state index is 0.402. The van der Waals surface area contributed by atoms with Gasteiger partial charge < -0.3 is 4.98 Å². The van der Waals surface area contributed by atoms with Crippen molar-refractivity contribution in [1.29, 1.82) is 0 Å². The third-order valence-electron chi connectivity index (χ3n) is 4.54. The molecule has 1 N–H and O–H groups in total. The van der Waals surface area contributed by atoms with Gasteiger partial charge in [-0.1, -0.05) is 58.7 Å². The van der Waals surface area contributed by atoms with Crippen LogP contribution in [0.15, 0.2) is 48.9 Å². The highest BCUT2D eigenvalue weighted by Gasteiger charge is 2.16. The molecular weight excluding hydrogens is 292 g/mol. The lowest BCUT2D eigenvalue weighted by atomic mass is 9.84. The number of nitrogens with zero attached hydrogens (tertiary/aromatic N) is 1. The summed E-state index contributed by atoms with van der Waals surface area (Å²) in [4.78, 5) is 7.45. The van der Waals surface area contributed by atoms with Gasteiger partial charge in [0.2, 0.25) is 0 Å². The first-order chi connectivity index (χ1) is 11.5. The number of aryl methyl sites for hydroxylation is 5. The van der Waals surface area contributed by atoms with E-state index >= 15 is 0 Å². The van der Waals surface area contributed by atoms with Crippen molar-refractivity contribution in [2.24, 2.45) is 0 Å². The maximum absolute atomic E-state index is 4.39. The molecule has 0 spiro atoms. The van der Waals surface area contributed by atoms with Crippen LogP contribution in [-0.4, -0.2) is 9.97 Å². The fraction of sp³-hybridized carbons (Fsp3) is 0.318. The summed E-state index contributed by atoms with van der Waals surface area (Å²) in [5, 5.41) is 0. The fourth-order valence-electron chi connectivity index (χ4n) is 3.67. The summed E-state index contributed by atoms with van der Waals surface area (Å²) in [5.74, 6) is 0.402. The predicted octanol–water partition coefficient (Wildman–Crippen LogP) is 5.41. The zero-order valence-corrected chi connectivity index (χ0v) is 15.1. The van der Waals surface area contributed by atoms with E-state index in [0.717, 1.165) is 18.5 Å². The minimum Gasteiger partial charge on any atom is -0.351 e. The standard InChI is InChI=1S/C22H26N2/c1-15-7-16(2)10-19(9-15)22(6-5-21-13-23-14-24-21)20-11-17(3)8-18(4)12-20/h7-14,22H,5-6H2,1-4H3,(H,23,24). The van der Waals surface area contributed by atoms with Gasteiger partial charge in [-0.15, -0.1) is 0 Å². The Balaban J connectivity index is 1.98. The molecule has 0 amide bonds. The Morgan fingerprint density at radius 3 is 1.71 bits per heavy atom. The number of benzene rings is 2. The number of rotatable bonds is 5. The fourth-order valence-corrected chi connectivity index (χ4v) is 3.67. The quantitative estimate of drug-likeness (QED) is 0.669. The topological polar surface area (TPSA) is 28.7 Å². The van der Waals surface area contributed by atoms with Crippen LogP contribution in [0.5, 0.6) is 0 Å². The van der Waals surface area contributed by atoms with E-state index in [2.05, 4.69) is 74.1 Å². The second-order valence-electron chi connectivity index (χ2n) is 6.99. The maximum atomic E-state index is 4.39. The van der Waals surface area contributed by atoms with E-state index in [1.165, 1.54) is 33.4 Å². The first-order valence-electron chi connectivity index (χ1n) is 8.65. The summed E-state index contributed by atoms with van der Waals surface area (Å²) in [6.07, 6.45) is 5.81. The van der Waals surface area contributed by atoms with Crippen molar-refractivity contribution >= 4 is 0 Å². The van der Waals surface area contributed by atoms with Crippen molar-refractivity contribution in [1.82, 2.24) is 9.97 Å². The highest BCUT2D eigenvalue weighted by atomic mass is 14.9. The molecule has 0 aliphatic carbocycles. The molecule has 2 aromatic carbocycles. The molecule has 3 aromatic rings. The van der Waals surface area contributed by atoms with Gasteiger partial charge in [-0.2, -0.15) is 0 Å². The van der Waals surface area contributed by atoms with Gasteiger partial charge in [0.15, 0.2) is 0 Å². The Kier molecular flexibility index (Phi) is 4.84. The normalized spacial score (nSPS) is 11.2. The number of imidazole rings is 1. The molecule has 0 radical (unpaired) electrons. The Hall–Kier alpha value is -2.35. The Bertz CT molecular complexity index is 724. The van der Waals surface area contributed by atoms with Crippen LogP contribution in [0.25, 0.3) is 0 Å². The highest BCUT2D eigenvalue weighted by Crippen LogP contribution is 2.31. The van der Waals surface area contributed by atoms with Gasteiger partial charge in [0.1, 0.15) is 0 Å². The van der Waals surface area contributed by atoms with E-state index in [-0.39, 0.29) is 0 Å². The number of nitrogens with one attached hydrogen (secondary N) is 1. The summed E-state index contributed by atoms with van der Waals surface area (Å²) >= 11 is 0. The Morgan fingerprint density at radius 1 is 0.792 bits per heavy atom. The van der Waals surface area contributed by atoms with Crippen LogP contribution in [0.4, 0.5) is 0 Å². The molecule has 1 heterocycles. The van der Waals surface area contributed by atoms with Crippen molar-refractivity contribution in [2.45, 2.75) is 46.5 Å². The molecule has 0 saturated carbocycles. The molecule has 0 atom stereocenters. The minimum atomic E-state index is 0.402. The summed E-state index contributed by atoms with van der Waals surface area (Å²) in [6.45, 7) is 8.73. The Labute approximate surface area is 145 Å². The van der Waals surface area contributed by atoms with Gasteiger partial charge in [0.05, 0.1) is 12.0 Å². The van der Waals surface area contributed by atoms with Crippen molar-refractivity contribution < 1.29 is 0 Å². The Morgan fingerprint density at radius 2 is 1.29 bits per heavy atom. The van der Waals surface area contributed by atoms with Gasteiger partial charge in [-0.25, -0.2) is 4.98 Å². The first-order valence-corrected chi connectivity index (χ1v) is 8.65. The molecule has 0 saturated heterocycles. The highest BCUT2D eigenvalue weighted by molar-refractivity contribution is 5.40. The summed E-state index contributed by atoms with van der Waals surface area (Å²) in [6, 6.07) is 13.8. The van der Waals surface area contributed by atoms with Crippen LogP contribution in [0.2, 0.25) is 0 Å². The average molecular weight is 318 g/mol. The van der Waals surface area contributed by atoms with Crippen LogP contribution in [0, 0.1) is 27.7 Å². The number of hydrogen-bond acceptors (Lipinski definition) is 1. The zero-order chi connectivity index (χ0) is 17.1.